The maximum absolute atomic E-state index is 8.13. The van der Waals surface area contributed by atoms with Crippen LogP contribution in [0.4, 0.5) is 0 Å². The Balaban J connectivity index is 0. The van der Waals surface area contributed by atoms with E-state index >= 15 is 0 Å². The van der Waals surface area contributed by atoms with Crippen LogP contribution in [0.15, 0.2) is 0 Å². The topological polar surface area (TPSA) is 58.3 Å². The van der Waals surface area contributed by atoms with Gasteiger partial charge in [0.25, 0.3) is 0 Å². The van der Waals surface area contributed by atoms with Gasteiger partial charge in [-0.2, -0.15) is 0 Å². The second kappa shape index (κ2) is 13.5. The molecule has 76 valence electrons. The Labute approximate surface area is 76.3 Å². The van der Waals surface area contributed by atoms with Gasteiger partial charge in [0.2, 0.25) is 0 Å². The zero-order valence-corrected chi connectivity index (χ0v) is 8.64. The average Bonchev–Trinajstić information content (AvgIpc) is 2.02. The van der Waals surface area contributed by atoms with Crippen LogP contribution in [0.5, 0.6) is 0 Å². The summed E-state index contributed by atoms with van der Waals surface area (Å²) in [6.07, 6.45) is 2.36. The Morgan fingerprint density at radius 3 is 2.08 bits per heavy atom. The molecule has 0 amide bonds. The fraction of sp³-hybridized carbons (Fsp3) is 1.00. The first-order valence-corrected chi connectivity index (χ1v) is 4.76. The molecule has 0 aliphatic carbocycles. The molecule has 4 N–H and O–H groups in total. The van der Waals surface area contributed by atoms with Crippen molar-refractivity contribution < 1.29 is 5.11 Å². The van der Waals surface area contributed by atoms with E-state index in [1.807, 2.05) is 13.8 Å². The molecule has 0 fully saturated rings. The first-order valence-electron chi connectivity index (χ1n) is 4.76. The van der Waals surface area contributed by atoms with E-state index in [0.29, 0.717) is 6.04 Å². The van der Waals surface area contributed by atoms with Gasteiger partial charge in [-0.05, 0) is 19.9 Å². The van der Waals surface area contributed by atoms with Gasteiger partial charge in [0, 0.05) is 12.6 Å². The van der Waals surface area contributed by atoms with Gasteiger partial charge in [-0.3, -0.25) is 0 Å². The van der Waals surface area contributed by atoms with Crippen molar-refractivity contribution in [2.75, 3.05) is 19.7 Å². The molecule has 0 aliphatic heterocycles. The van der Waals surface area contributed by atoms with Gasteiger partial charge in [-0.15, -0.1) is 0 Å². The SMILES string of the molecule is CCCC(C)N.CCNCCO. The van der Waals surface area contributed by atoms with E-state index in [-0.39, 0.29) is 6.61 Å². The average molecular weight is 176 g/mol. The molecule has 0 aliphatic rings. The lowest BCUT2D eigenvalue weighted by molar-refractivity contribution is 0.293. The van der Waals surface area contributed by atoms with E-state index in [1.165, 1.54) is 6.42 Å². The van der Waals surface area contributed by atoms with Gasteiger partial charge in [0.05, 0.1) is 6.61 Å². The number of likely N-dealkylation sites (N-methyl/N-ethyl adjacent to an activating group) is 1. The largest absolute Gasteiger partial charge is 0.395 e. The predicted octanol–water partition coefficient (Wildman–Crippen LogP) is 0.722. The summed E-state index contributed by atoms with van der Waals surface area (Å²) in [4.78, 5) is 0. The fourth-order valence-electron chi connectivity index (χ4n) is 0.711. The smallest absolute Gasteiger partial charge is 0.0555 e. The Hall–Kier alpha value is -0.120. The number of aliphatic hydroxyl groups is 1. The van der Waals surface area contributed by atoms with Crippen molar-refractivity contribution in [1.29, 1.82) is 0 Å². The maximum atomic E-state index is 8.13. The highest BCUT2D eigenvalue weighted by molar-refractivity contribution is 4.47. The number of nitrogens with two attached hydrogens (primary N) is 1. The molecule has 0 rings (SSSR count). The summed E-state index contributed by atoms with van der Waals surface area (Å²) < 4.78 is 0. The normalized spacial score (nSPS) is 11.8. The first-order chi connectivity index (χ1) is 5.68. The highest BCUT2D eigenvalue weighted by Gasteiger charge is 1.85. The van der Waals surface area contributed by atoms with Crippen LogP contribution >= 0.6 is 0 Å². The highest BCUT2D eigenvalue weighted by atomic mass is 16.3. The number of hydrogen-bond donors (Lipinski definition) is 3. The molecule has 0 radical (unpaired) electrons. The van der Waals surface area contributed by atoms with Gasteiger partial charge in [0.1, 0.15) is 0 Å². The molecule has 0 spiro atoms. The Bertz CT molecular complexity index is 63.5. The third kappa shape index (κ3) is 22.5. The van der Waals surface area contributed by atoms with Crippen molar-refractivity contribution in [2.24, 2.45) is 5.73 Å². The molecule has 3 heteroatoms. The van der Waals surface area contributed by atoms with Crippen molar-refractivity contribution in [3.63, 3.8) is 0 Å². The number of nitrogens with one attached hydrogen (secondary N) is 1. The molecule has 0 bridgehead atoms. The van der Waals surface area contributed by atoms with Crippen LogP contribution < -0.4 is 11.1 Å². The van der Waals surface area contributed by atoms with Crippen molar-refractivity contribution >= 4 is 0 Å². The minimum Gasteiger partial charge on any atom is -0.395 e. The molecule has 1 unspecified atom stereocenters. The van der Waals surface area contributed by atoms with Crippen LogP contribution in [0.2, 0.25) is 0 Å². The summed E-state index contributed by atoms with van der Waals surface area (Å²) >= 11 is 0. The van der Waals surface area contributed by atoms with E-state index in [1.54, 1.807) is 0 Å². The van der Waals surface area contributed by atoms with Crippen LogP contribution in [0.25, 0.3) is 0 Å². The van der Waals surface area contributed by atoms with Crippen LogP contribution in [0.1, 0.15) is 33.6 Å². The van der Waals surface area contributed by atoms with Crippen LogP contribution in [-0.4, -0.2) is 30.8 Å². The third-order valence-electron chi connectivity index (χ3n) is 1.28. The maximum Gasteiger partial charge on any atom is 0.0555 e. The quantitative estimate of drug-likeness (QED) is 0.541. The molecule has 0 saturated heterocycles. The van der Waals surface area contributed by atoms with Gasteiger partial charge in [-0.25, -0.2) is 0 Å². The summed E-state index contributed by atoms with van der Waals surface area (Å²) in [6.45, 7) is 8.09. The Morgan fingerprint density at radius 2 is 2.00 bits per heavy atom. The van der Waals surface area contributed by atoms with E-state index in [2.05, 4.69) is 12.2 Å². The number of hydrogen-bond acceptors (Lipinski definition) is 3. The van der Waals surface area contributed by atoms with Crippen molar-refractivity contribution in [1.82, 2.24) is 5.32 Å². The van der Waals surface area contributed by atoms with Crippen LogP contribution in [-0.2, 0) is 0 Å². The summed E-state index contributed by atoms with van der Waals surface area (Å²) in [7, 11) is 0. The third-order valence-corrected chi connectivity index (χ3v) is 1.28. The van der Waals surface area contributed by atoms with Crippen molar-refractivity contribution in [3.05, 3.63) is 0 Å². The van der Waals surface area contributed by atoms with Gasteiger partial charge in [0.15, 0.2) is 0 Å². The summed E-state index contributed by atoms with van der Waals surface area (Å²) in [5, 5.41) is 11.1. The summed E-state index contributed by atoms with van der Waals surface area (Å²) in [5.74, 6) is 0. The molecular weight excluding hydrogens is 152 g/mol. The zero-order chi connectivity index (χ0) is 9.82. The number of rotatable bonds is 5. The molecule has 12 heavy (non-hydrogen) atoms. The fourth-order valence-corrected chi connectivity index (χ4v) is 0.711. The molecule has 3 nitrogen and oxygen atoms in total. The zero-order valence-electron chi connectivity index (χ0n) is 8.64. The van der Waals surface area contributed by atoms with E-state index < -0.39 is 0 Å². The summed E-state index contributed by atoms with van der Waals surface area (Å²) in [5.41, 5.74) is 5.40. The van der Waals surface area contributed by atoms with E-state index in [4.69, 9.17) is 10.8 Å². The van der Waals surface area contributed by atoms with Crippen LogP contribution in [0.3, 0.4) is 0 Å². The van der Waals surface area contributed by atoms with Gasteiger partial charge >= 0.3 is 0 Å². The monoisotopic (exact) mass is 176 g/mol. The van der Waals surface area contributed by atoms with Crippen LogP contribution in [0, 0.1) is 0 Å². The lowest BCUT2D eigenvalue weighted by atomic mass is 10.2. The van der Waals surface area contributed by atoms with Crippen molar-refractivity contribution in [2.45, 2.75) is 39.7 Å². The lowest BCUT2D eigenvalue weighted by Gasteiger charge is -1.96. The molecule has 0 aromatic rings. The molecule has 0 aromatic carbocycles. The Kier molecular flexibility index (Phi) is 16.2. The van der Waals surface area contributed by atoms with E-state index in [9.17, 15) is 0 Å². The number of aliphatic hydroxyl groups excluding tert-OH is 1. The highest BCUT2D eigenvalue weighted by Crippen LogP contribution is 1.88. The summed E-state index contributed by atoms with van der Waals surface area (Å²) in [6, 6.07) is 0.398. The minimum atomic E-state index is 0.244. The van der Waals surface area contributed by atoms with E-state index in [0.717, 1.165) is 19.5 Å². The Morgan fingerprint density at radius 1 is 1.42 bits per heavy atom. The van der Waals surface area contributed by atoms with Crippen molar-refractivity contribution in [3.8, 4) is 0 Å². The predicted molar refractivity (Wildman–Crippen MR) is 54.2 cm³/mol. The minimum absolute atomic E-state index is 0.244. The molecule has 1 atom stereocenters. The van der Waals surface area contributed by atoms with Gasteiger partial charge in [-0.1, -0.05) is 20.3 Å². The standard InChI is InChI=1S/C5H13N.C4H11NO/c1-3-4-5(2)6;1-2-5-3-4-6/h5H,3-4,6H2,1-2H3;5-6H,2-4H2,1H3. The molecule has 0 heterocycles. The lowest BCUT2D eigenvalue weighted by Crippen LogP contribution is -2.16. The van der Waals surface area contributed by atoms with Gasteiger partial charge < -0.3 is 16.2 Å². The molecular formula is C9H24N2O. The first kappa shape index (κ1) is 14.4. The second-order valence-electron chi connectivity index (χ2n) is 2.84. The second-order valence-corrected chi connectivity index (χ2v) is 2.84. The molecule has 0 saturated carbocycles. The molecule has 0 aromatic heterocycles.